The van der Waals surface area contributed by atoms with Gasteiger partial charge in [-0.2, -0.15) is 0 Å². The third-order valence-corrected chi connectivity index (χ3v) is 5.66. The summed E-state index contributed by atoms with van der Waals surface area (Å²) in [4.78, 5) is 24.7. The molecule has 3 rings (SSSR count). The third kappa shape index (κ3) is 6.49. The summed E-state index contributed by atoms with van der Waals surface area (Å²) in [7, 11) is 0. The first-order valence-electron chi connectivity index (χ1n) is 9.99. The molecule has 10 heteroatoms. The number of hydrogen-bond donors (Lipinski definition) is 3. The van der Waals surface area contributed by atoms with Gasteiger partial charge in [0.05, 0.1) is 15.7 Å². The van der Waals surface area contributed by atoms with Gasteiger partial charge >= 0.3 is 5.97 Å². The Morgan fingerprint density at radius 3 is 2.66 bits per heavy atom. The van der Waals surface area contributed by atoms with Gasteiger partial charge in [0.1, 0.15) is 36.4 Å². The predicted molar refractivity (Wildman–Crippen MR) is 121 cm³/mol. The summed E-state index contributed by atoms with van der Waals surface area (Å²) >= 11 is 11.9. The minimum atomic E-state index is -0.991. The Hall–Kier alpha value is -2.52. The molecule has 1 heterocycles. The van der Waals surface area contributed by atoms with E-state index in [2.05, 4.69) is 5.32 Å². The highest BCUT2D eigenvalue weighted by atomic mass is 35.5. The van der Waals surface area contributed by atoms with Crippen LogP contribution in [0.25, 0.3) is 0 Å². The van der Waals surface area contributed by atoms with Gasteiger partial charge in [-0.1, -0.05) is 35.3 Å². The SMILES string of the molecule is CC(=O)Nc1ccccc1OCC(O)CN1C[C@@H](Oc2ccc(Cl)c(Cl)c2)C[C@H]1C(=O)O. The number of halogens is 2. The summed E-state index contributed by atoms with van der Waals surface area (Å²) in [5.41, 5.74) is 0.492. The number of amides is 1. The number of carboxylic acids is 1. The zero-order valence-electron chi connectivity index (χ0n) is 17.3. The molecule has 1 saturated heterocycles. The number of carboxylic acid groups (broad SMARTS) is 1. The van der Waals surface area contributed by atoms with Gasteiger partial charge in [0.25, 0.3) is 0 Å². The van der Waals surface area contributed by atoms with Crippen molar-refractivity contribution >= 4 is 40.8 Å². The third-order valence-electron chi connectivity index (χ3n) is 4.92. The molecule has 0 aliphatic carbocycles. The van der Waals surface area contributed by atoms with E-state index in [9.17, 15) is 19.8 Å². The number of likely N-dealkylation sites (tertiary alicyclic amines) is 1. The van der Waals surface area contributed by atoms with Crippen LogP contribution in [0.1, 0.15) is 13.3 Å². The number of para-hydroxylation sites is 2. The predicted octanol–water partition coefficient (Wildman–Crippen LogP) is 3.30. The lowest BCUT2D eigenvalue weighted by Gasteiger charge is -2.24. The lowest BCUT2D eigenvalue weighted by Crippen LogP contribution is -2.42. The van der Waals surface area contributed by atoms with Crippen LogP contribution in [-0.4, -0.2) is 64.9 Å². The van der Waals surface area contributed by atoms with E-state index in [-0.39, 0.29) is 31.6 Å². The minimum absolute atomic E-state index is 0.0717. The number of anilines is 1. The van der Waals surface area contributed by atoms with E-state index in [4.69, 9.17) is 32.7 Å². The largest absolute Gasteiger partial charge is 0.489 e. The van der Waals surface area contributed by atoms with E-state index in [0.29, 0.717) is 33.8 Å². The minimum Gasteiger partial charge on any atom is -0.489 e. The molecular weight excluding hydrogens is 459 g/mol. The van der Waals surface area contributed by atoms with Gasteiger partial charge in [0, 0.05) is 32.5 Å². The molecule has 172 valence electrons. The molecule has 3 N–H and O–H groups in total. The van der Waals surface area contributed by atoms with Crippen molar-refractivity contribution in [3.63, 3.8) is 0 Å². The van der Waals surface area contributed by atoms with Crippen LogP contribution in [0.3, 0.4) is 0 Å². The molecule has 0 bridgehead atoms. The number of aliphatic hydroxyl groups is 1. The Bertz CT molecular complexity index is 973. The van der Waals surface area contributed by atoms with Crippen molar-refractivity contribution in [1.82, 2.24) is 4.90 Å². The maximum absolute atomic E-state index is 11.7. The second-order valence-electron chi connectivity index (χ2n) is 7.50. The van der Waals surface area contributed by atoms with Crippen LogP contribution >= 0.6 is 23.2 Å². The van der Waals surface area contributed by atoms with E-state index < -0.39 is 18.1 Å². The zero-order chi connectivity index (χ0) is 23.3. The maximum Gasteiger partial charge on any atom is 0.321 e. The summed E-state index contributed by atoms with van der Waals surface area (Å²) in [5.74, 6) is -0.321. The molecular formula is C22H24Cl2N2O6. The molecule has 1 aliphatic rings. The Morgan fingerprint density at radius 1 is 1.22 bits per heavy atom. The quantitative estimate of drug-likeness (QED) is 0.502. The standard InChI is InChI=1S/C22H24Cl2N2O6/c1-13(27)25-19-4-2-3-5-21(19)31-12-14(28)10-26-11-16(9-20(26)22(29)30)32-15-6-7-17(23)18(24)8-15/h2-8,14,16,20,28H,9-12H2,1H3,(H,25,27)(H,29,30)/t14?,16-,20-/m0/s1. The zero-order valence-corrected chi connectivity index (χ0v) is 18.8. The van der Waals surface area contributed by atoms with Gasteiger partial charge in [-0.25, -0.2) is 0 Å². The Kier molecular flexibility index (Phi) is 8.20. The first kappa shape index (κ1) is 24.1. The van der Waals surface area contributed by atoms with Gasteiger partial charge in [0.2, 0.25) is 5.91 Å². The molecule has 0 radical (unpaired) electrons. The van der Waals surface area contributed by atoms with E-state index in [1.807, 2.05) is 0 Å². The molecule has 1 aliphatic heterocycles. The smallest absolute Gasteiger partial charge is 0.321 e. The topological polar surface area (TPSA) is 108 Å². The van der Waals surface area contributed by atoms with Crippen LogP contribution in [0.5, 0.6) is 11.5 Å². The van der Waals surface area contributed by atoms with Crippen molar-refractivity contribution in [3.05, 3.63) is 52.5 Å². The van der Waals surface area contributed by atoms with Crippen LogP contribution in [-0.2, 0) is 9.59 Å². The molecule has 1 amide bonds. The van der Waals surface area contributed by atoms with Crippen molar-refractivity contribution < 1.29 is 29.3 Å². The molecule has 32 heavy (non-hydrogen) atoms. The number of benzene rings is 2. The number of aliphatic hydroxyl groups excluding tert-OH is 1. The number of β-amino-alcohol motifs (C(OH)–C–C–N with tert-alkyl or cyclic N) is 1. The molecule has 2 aromatic carbocycles. The van der Waals surface area contributed by atoms with E-state index >= 15 is 0 Å². The number of nitrogens with one attached hydrogen (secondary N) is 1. The summed E-state index contributed by atoms with van der Waals surface area (Å²) in [6, 6.07) is 10.9. The first-order chi connectivity index (χ1) is 15.2. The van der Waals surface area contributed by atoms with Crippen LogP contribution in [0.15, 0.2) is 42.5 Å². The number of carbonyl (C=O) groups excluding carboxylic acids is 1. The van der Waals surface area contributed by atoms with Crippen molar-refractivity contribution in [2.45, 2.75) is 31.6 Å². The molecule has 0 saturated carbocycles. The van der Waals surface area contributed by atoms with Gasteiger partial charge in [0.15, 0.2) is 0 Å². The van der Waals surface area contributed by atoms with Crippen molar-refractivity contribution in [3.8, 4) is 11.5 Å². The normalized spacial score (nSPS) is 19.4. The Balaban J connectivity index is 1.58. The Labute approximate surface area is 195 Å². The molecule has 1 unspecified atom stereocenters. The maximum atomic E-state index is 11.7. The molecule has 0 aromatic heterocycles. The molecule has 8 nitrogen and oxygen atoms in total. The summed E-state index contributed by atoms with van der Waals surface area (Å²) in [5, 5.41) is 23.5. The lowest BCUT2D eigenvalue weighted by atomic mass is 10.2. The highest BCUT2D eigenvalue weighted by Gasteiger charge is 2.39. The molecule has 2 aromatic rings. The fourth-order valence-corrected chi connectivity index (χ4v) is 3.83. The fraction of sp³-hybridized carbons (Fsp3) is 0.364. The molecule has 3 atom stereocenters. The van der Waals surface area contributed by atoms with Gasteiger partial charge < -0.3 is 25.0 Å². The number of nitrogens with zero attached hydrogens (tertiary/aromatic N) is 1. The van der Waals surface area contributed by atoms with Crippen molar-refractivity contribution in [2.24, 2.45) is 0 Å². The second kappa shape index (κ2) is 10.9. The summed E-state index contributed by atoms with van der Waals surface area (Å²) in [6.07, 6.45) is -1.08. The highest BCUT2D eigenvalue weighted by molar-refractivity contribution is 6.42. The number of aliphatic carboxylic acids is 1. The number of rotatable bonds is 9. The van der Waals surface area contributed by atoms with Crippen molar-refractivity contribution in [2.75, 3.05) is 25.0 Å². The average Bonchev–Trinajstić information content (AvgIpc) is 3.12. The van der Waals surface area contributed by atoms with Gasteiger partial charge in [-0.15, -0.1) is 0 Å². The molecule has 0 spiro atoms. The van der Waals surface area contributed by atoms with E-state index in [1.54, 1.807) is 47.4 Å². The lowest BCUT2D eigenvalue weighted by molar-refractivity contribution is -0.142. The average molecular weight is 483 g/mol. The monoisotopic (exact) mass is 482 g/mol. The number of carbonyl (C=O) groups is 2. The summed E-state index contributed by atoms with van der Waals surface area (Å²) in [6.45, 7) is 1.72. The second-order valence-corrected chi connectivity index (χ2v) is 8.32. The van der Waals surface area contributed by atoms with Gasteiger partial charge in [-0.3, -0.25) is 14.5 Å². The van der Waals surface area contributed by atoms with Crippen LogP contribution in [0.2, 0.25) is 10.0 Å². The van der Waals surface area contributed by atoms with E-state index in [0.717, 1.165) is 0 Å². The Morgan fingerprint density at radius 2 is 1.97 bits per heavy atom. The first-order valence-corrected chi connectivity index (χ1v) is 10.7. The van der Waals surface area contributed by atoms with E-state index in [1.165, 1.54) is 6.92 Å². The highest BCUT2D eigenvalue weighted by Crippen LogP contribution is 2.29. The fourth-order valence-electron chi connectivity index (χ4n) is 3.54. The number of ether oxygens (including phenoxy) is 2. The van der Waals surface area contributed by atoms with Crippen LogP contribution < -0.4 is 14.8 Å². The van der Waals surface area contributed by atoms with Crippen LogP contribution in [0, 0.1) is 0 Å². The van der Waals surface area contributed by atoms with Crippen LogP contribution in [0.4, 0.5) is 5.69 Å². The van der Waals surface area contributed by atoms with Crippen molar-refractivity contribution in [1.29, 1.82) is 0 Å². The summed E-state index contributed by atoms with van der Waals surface area (Å²) < 4.78 is 11.5. The van der Waals surface area contributed by atoms with Gasteiger partial charge in [-0.05, 0) is 24.3 Å². The number of hydrogen-bond acceptors (Lipinski definition) is 6. The molecule has 1 fully saturated rings.